The number of carbonyl (C=O) groups excluding carboxylic acids is 1. The largest absolute Gasteiger partial charge is 0.494 e. The van der Waals surface area contributed by atoms with Crippen molar-refractivity contribution < 1.29 is 42.5 Å². The smallest absolute Gasteiger partial charge is 0.455 e. The van der Waals surface area contributed by atoms with Gasteiger partial charge in [-0.3, -0.25) is 4.79 Å². The Morgan fingerprint density at radius 1 is 0.617 bits per heavy atom. The van der Waals surface area contributed by atoms with E-state index in [1.807, 2.05) is 174 Å². The molecule has 3 unspecified atom stereocenters. The van der Waals surface area contributed by atoms with Crippen LogP contribution in [0.4, 0.5) is 0 Å². The normalized spacial score (nSPS) is 22.6. The summed E-state index contributed by atoms with van der Waals surface area (Å²) in [6.07, 6.45) is -4.50. The van der Waals surface area contributed by atoms with E-state index in [0.29, 0.717) is 13.2 Å². The molecule has 314 valence electrons. The highest BCUT2D eigenvalue weighted by molar-refractivity contribution is 6.62. The van der Waals surface area contributed by atoms with Crippen molar-refractivity contribution in [1.29, 1.82) is 0 Å². The van der Waals surface area contributed by atoms with Gasteiger partial charge in [0, 0.05) is 6.92 Å². The van der Waals surface area contributed by atoms with Gasteiger partial charge in [0.2, 0.25) is 0 Å². The predicted molar refractivity (Wildman–Crippen MR) is 231 cm³/mol. The van der Waals surface area contributed by atoms with Crippen LogP contribution in [-0.2, 0) is 69.0 Å². The molecule has 0 aliphatic carbocycles. The Balaban J connectivity index is 1.29. The first-order chi connectivity index (χ1) is 29.0. The maximum atomic E-state index is 13.2. The van der Waals surface area contributed by atoms with Gasteiger partial charge in [-0.2, -0.15) is 0 Å². The van der Waals surface area contributed by atoms with Crippen molar-refractivity contribution in [2.45, 2.75) is 116 Å². The Bertz CT molecular complexity index is 2080. The van der Waals surface area contributed by atoms with Crippen LogP contribution in [0.1, 0.15) is 74.1 Å². The monoisotopic (exact) mass is 812 g/mol. The van der Waals surface area contributed by atoms with Crippen molar-refractivity contribution in [3.63, 3.8) is 0 Å². The van der Waals surface area contributed by atoms with Crippen LogP contribution in [-0.4, -0.2) is 61.4 Å². The minimum Gasteiger partial charge on any atom is -0.455 e. The number of esters is 1. The average molecular weight is 813 g/mol. The average Bonchev–Trinajstić information content (AvgIpc) is 3.47. The van der Waals surface area contributed by atoms with E-state index in [1.54, 1.807) is 0 Å². The molecule has 9 nitrogen and oxygen atoms in total. The standard InChI is InChI=1S/C50H57BO9/c1-35-29-41(51-59-49(3,4)50(5,6)60-51)27-28-42(35)44(57-36(2)52)48-47(56-33-40-25-17-10-18-26-40)46(55-32-39-23-15-9-16-24-39)45(54-31-38-21-13-8-14-22-38)43(58-48)34-53-30-37-19-11-7-12-20-37/h7-29,43-48H,30-34H2,1-6H3/t43?,44-,45-,46?,47?,48-/m1/s1. The Labute approximate surface area is 355 Å². The Hall–Kier alpha value is -4.65. The molecule has 7 rings (SSSR count). The molecule has 2 aliphatic rings. The van der Waals surface area contributed by atoms with E-state index in [0.717, 1.165) is 38.8 Å². The summed E-state index contributed by atoms with van der Waals surface area (Å²) >= 11 is 0. The molecule has 6 atom stereocenters. The lowest BCUT2D eigenvalue weighted by Gasteiger charge is -2.48. The molecule has 10 heteroatoms. The first kappa shape index (κ1) is 43.4. The van der Waals surface area contributed by atoms with Gasteiger partial charge in [-0.1, -0.05) is 140 Å². The highest BCUT2D eigenvalue weighted by Gasteiger charge is 2.54. The van der Waals surface area contributed by atoms with Crippen molar-refractivity contribution in [3.05, 3.63) is 173 Å². The topological polar surface area (TPSA) is 90.9 Å². The second-order valence-electron chi connectivity index (χ2n) is 16.7. The lowest BCUT2D eigenvalue weighted by molar-refractivity contribution is -0.289. The summed E-state index contributed by atoms with van der Waals surface area (Å²) < 4.78 is 53.6. The molecular weight excluding hydrogens is 755 g/mol. The summed E-state index contributed by atoms with van der Waals surface area (Å²) in [7, 11) is -0.563. The quantitative estimate of drug-likeness (QED) is 0.0677. The van der Waals surface area contributed by atoms with E-state index < -0.39 is 60.9 Å². The second kappa shape index (κ2) is 19.8. The summed E-state index contributed by atoms with van der Waals surface area (Å²) in [6.45, 7) is 12.9. The molecule has 5 aromatic rings. The number of rotatable bonds is 17. The number of benzene rings is 5. The van der Waals surface area contributed by atoms with E-state index in [-0.39, 0.29) is 19.8 Å². The van der Waals surface area contributed by atoms with Gasteiger partial charge < -0.3 is 37.7 Å². The Kier molecular flexibility index (Phi) is 14.4. The summed E-state index contributed by atoms with van der Waals surface area (Å²) in [5.74, 6) is -0.457. The fourth-order valence-corrected chi connectivity index (χ4v) is 7.70. The first-order valence-electron chi connectivity index (χ1n) is 20.8. The molecule has 2 fully saturated rings. The molecule has 0 spiro atoms. The van der Waals surface area contributed by atoms with Gasteiger partial charge in [-0.15, -0.1) is 0 Å². The molecule has 0 saturated carbocycles. The molecule has 2 aliphatic heterocycles. The van der Waals surface area contributed by atoms with Crippen molar-refractivity contribution in [2.75, 3.05) is 6.61 Å². The lowest BCUT2D eigenvalue weighted by atomic mass is 9.77. The van der Waals surface area contributed by atoms with Gasteiger partial charge in [0.25, 0.3) is 0 Å². The van der Waals surface area contributed by atoms with Crippen LogP contribution in [0.3, 0.4) is 0 Å². The van der Waals surface area contributed by atoms with Crippen LogP contribution in [0.2, 0.25) is 0 Å². The van der Waals surface area contributed by atoms with Crippen molar-refractivity contribution in [1.82, 2.24) is 0 Å². The first-order valence-corrected chi connectivity index (χ1v) is 20.8. The van der Waals surface area contributed by atoms with E-state index >= 15 is 0 Å². The molecular formula is C50H57BO9. The van der Waals surface area contributed by atoms with Gasteiger partial charge in [-0.25, -0.2) is 0 Å². The molecule has 0 radical (unpaired) electrons. The van der Waals surface area contributed by atoms with Gasteiger partial charge >= 0.3 is 13.1 Å². The Morgan fingerprint density at radius 3 is 1.53 bits per heavy atom. The molecule has 0 amide bonds. The highest BCUT2D eigenvalue weighted by Crippen LogP contribution is 2.40. The van der Waals surface area contributed by atoms with Crippen LogP contribution in [0.15, 0.2) is 140 Å². The van der Waals surface area contributed by atoms with Gasteiger partial charge in [0.1, 0.15) is 30.5 Å². The molecule has 0 aromatic heterocycles. The minimum atomic E-state index is -0.898. The minimum absolute atomic E-state index is 0.175. The van der Waals surface area contributed by atoms with Gasteiger partial charge in [0.15, 0.2) is 6.10 Å². The van der Waals surface area contributed by atoms with Gasteiger partial charge in [0.05, 0.1) is 44.2 Å². The molecule has 2 saturated heterocycles. The summed E-state index contributed by atoms with van der Waals surface area (Å²) in [5, 5.41) is 0. The van der Waals surface area contributed by atoms with E-state index in [1.165, 1.54) is 6.92 Å². The molecule has 2 heterocycles. The predicted octanol–water partition coefficient (Wildman–Crippen LogP) is 8.64. The fraction of sp³-hybridized carbons (Fsp3) is 0.380. The van der Waals surface area contributed by atoms with Crippen LogP contribution in [0.5, 0.6) is 0 Å². The van der Waals surface area contributed by atoms with Gasteiger partial charge in [-0.05, 0) is 73.5 Å². The third-order valence-corrected chi connectivity index (χ3v) is 11.6. The number of hydrogen-bond acceptors (Lipinski definition) is 9. The summed E-state index contributed by atoms with van der Waals surface area (Å²) in [4.78, 5) is 13.2. The molecule has 0 bridgehead atoms. The van der Waals surface area contributed by atoms with Crippen LogP contribution in [0.25, 0.3) is 0 Å². The van der Waals surface area contributed by atoms with E-state index in [9.17, 15) is 4.79 Å². The van der Waals surface area contributed by atoms with Crippen molar-refractivity contribution in [2.24, 2.45) is 0 Å². The third-order valence-electron chi connectivity index (χ3n) is 11.6. The Morgan fingerprint density at radius 2 is 1.07 bits per heavy atom. The fourth-order valence-electron chi connectivity index (χ4n) is 7.70. The van der Waals surface area contributed by atoms with E-state index in [4.69, 9.17) is 37.7 Å². The van der Waals surface area contributed by atoms with Crippen LogP contribution in [0, 0.1) is 6.92 Å². The number of aryl methyl sites for hydroxylation is 1. The third kappa shape index (κ3) is 10.8. The maximum Gasteiger partial charge on any atom is 0.494 e. The zero-order chi connectivity index (χ0) is 42.1. The lowest BCUT2D eigenvalue weighted by Crippen LogP contribution is -2.62. The summed E-state index contributed by atoms with van der Waals surface area (Å²) in [5.41, 5.74) is 5.49. The van der Waals surface area contributed by atoms with Crippen molar-refractivity contribution in [3.8, 4) is 0 Å². The zero-order valence-electron chi connectivity index (χ0n) is 35.5. The maximum absolute atomic E-state index is 13.2. The molecule has 0 N–H and O–H groups in total. The molecule has 5 aromatic carbocycles. The van der Waals surface area contributed by atoms with E-state index in [2.05, 4.69) is 0 Å². The zero-order valence-corrected chi connectivity index (χ0v) is 35.5. The van der Waals surface area contributed by atoms with Crippen LogP contribution >= 0.6 is 0 Å². The number of hydrogen-bond donors (Lipinski definition) is 0. The molecule has 60 heavy (non-hydrogen) atoms. The number of carbonyl (C=O) groups is 1. The van der Waals surface area contributed by atoms with Crippen LogP contribution < -0.4 is 5.46 Å². The van der Waals surface area contributed by atoms with Crippen molar-refractivity contribution >= 4 is 18.6 Å². The second-order valence-corrected chi connectivity index (χ2v) is 16.7. The highest BCUT2D eigenvalue weighted by atomic mass is 16.7. The number of ether oxygens (including phenoxy) is 6. The SMILES string of the molecule is CC(=O)O[C@H](c1ccc(B2OC(C)(C)C(C)(C)O2)cc1C)[C@H]1OC(COCc2ccccc2)[C@@H](OCc2ccccc2)C(OCc2ccccc2)C1OCc1ccccc1. The summed E-state index contributed by atoms with van der Waals surface area (Å²) in [6, 6.07) is 46.0.